The van der Waals surface area contributed by atoms with Crippen LogP contribution in [0.4, 0.5) is 0 Å². The number of benzene rings is 2. The first-order valence-electron chi connectivity index (χ1n) is 23.7. The van der Waals surface area contributed by atoms with E-state index in [2.05, 4.69) is 42.7 Å². The van der Waals surface area contributed by atoms with Crippen LogP contribution in [0.3, 0.4) is 0 Å². The second kappa shape index (κ2) is 22.6. The molecule has 4 atom stereocenters. The van der Waals surface area contributed by atoms with E-state index in [1.165, 1.54) is 62.9 Å². The van der Waals surface area contributed by atoms with Gasteiger partial charge in [0, 0.05) is 72.6 Å². The summed E-state index contributed by atoms with van der Waals surface area (Å²) in [5.41, 5.74) is 4.03. The van der Waals surface area contributed by atoms with Crippen LogP contribution in [0, 0.1) is 0 Å². The number of fused-ring (bicyclic) bond motifs is 2. The highest BCUT2D eigenvalue weighted by atomic mass is 35.5. The highest BCUT2D eigenvalue weighted by molar-refractivity contribution is 7.91. The molecule has 76 heavy (non-hydrogen) atoms. The van der Waals surface area contributed by atoms with Gasteiger partial charge in [-0.1, -0.05) is 59.6 Å². The molecule has 0 fully saturated rings. The van der Waals surface area contributed by atoms with Crippen molar-refractivity contribution in [1.82, 2.24) is 30.6 Å². The molecular weight excluding hydrogens is 1070 g/mol. The summed E-state index contributed by atoms with van der Waals surface area (Å²) in [6.45, 7) is 0.625. The molecule has 4 heterocycles. The normalized spacial score (nSPS) is 16.7. The second-order valence-corrected chi connectivity index (χ2v) is 23.8. The molecule has 0 amide bonds. The summed E-state index contributed by atoms with van der Waals surface area (Å²) in [6.07, 6.45) is 8.92. The van der Waals surface area contributed by atoms with Gasteiger partial charge in [-0.25, -0.2) is 16.8 Å². The van der Waals surface area contributed by atoms with Crippen molar-refractivity contribution in [1.29, 1.82) is 0 Å². The monoisotopic (exact) mass is 1120 g/mol. The van der Waals surface area contributed by atoms with E-state index in [9.17, 15) is 46.9 Å². The lowest BCUT2D eigenvalue weighted by Gasteiger charge is -2.24. The Morgan fingerprint density at radius 3 is 1.38 bits per heavy atom. The Balaban J connectivity index is 1.05. The zero-order valence-electron chi connectivity index (χ0n) is 41.5. The lowest BCUT2D eigenvalue weighted by molar-refractivity contribution is -0.146. The van der Waals surface area contributed by atoms with E-state index in [4.69, 9.17) is 42.1 Å². The van der Waals surface area contributed by atoms with Gasteiger partial charge in [0.2, 0.25) is 23.5 Å². The number of pyridine rings is 4. The van der Waals surface area contributed by atoms with E-state index in [0.717, 1.165) is 45.9 Å². The Morgan fingerprint density at radius 1 is 0.632 bits per heavy atom. The summed E-state index contributed by atoms with van der Waals surface area (Å²) in [7, 11) is -7.15. The van der Waals surface area contributed by atoms with Gasteiger partial charge in [-0.2, -0.15) is 9.97 Å². The molecule has 2 aromatic carbocycles. The maximum atomic E-state index is 12.2. The van der Waals surface area contributed by atoms with Crippen LogP contribution in [0.15, 0.2) is 95.2 Å². The highest BCUT2D eigenvalue weighted by Crippen LogP contribution is 2.46. The molecule has 0 spiro atoms. The maximum absolute atomic E-state index is 12.2. The number of nitrogens with one attached hydrogen (secondary N) is 2. The molecule has 2 aliphatic carbocycles. The number of hydrogen-bond acceptors (Lipinski definition) is 18. The molecule has 20 nitrogen and oxygen atoms in total. The number of aliphatic hydroxyl groups is 2. The Morgan fingerprint density at radius 2 is 1.03 bits per heavy atom. The van der Waals surface area contributed by atoms with E-state index in [1.807, 2.05) is 24.3 Å². The first-order valence-corrected chi connectivity index (χ1v) is 28.2. The third kappa shape index (κ3) is 12.3. The predicted octanol–water partition coefficient (Wildman–Crippen LogP) is 6.19. The molecule has 2 aliphatic rings. The third-order valence-electron chi connectivity index (χ3n) is 13.3. The lowest BCUT2D eigenvalue weighted by Crippen LogP contribution is -2.52. The molecule has 8 rings (SSSR count). The van der Waals surface area contributed by atoms with Crippen LogP contribution >= 0.6 is 23.2 Å². The summed E-state index contributed by atoms with van der Waals surface area (Å²) in [5, 5.41) is 45.2. The summed E-state index contributed by atoms with van der Waals surface area (Å²) >= 11 is 13.7. The van der Waals surface area contributed by atoms with Gasteiger partial charge in [0.25, 0.3) is 0 Å². The highest BCUT2D eigenvalue weighted by Gasteiger charge is 2.36. The zero-order chi connectivity index (χ0) is 54.7. The van der Waals surface area contributed by atoms with Gasteiger partial charge in [0.05, 0.1) is 23.0 Å². The summed E-state index contributed by atoms with van der Waals surface area (Å²) in [4.78, 5) is 41.4. The van der Waals surface area contributed by atoms with Crippen LogP contribution in [0.2, 0.25) is 10.0 Å². The fraction of sp³-hybridized carbons (Fsp3) is 0.346. The van der Waals surface area contributed by atoms with E-state index in [0.29, 0.717) is 47.9 Å². The topological polar surface area (TPSA) is 296 Å². The largest absolute Gasteiger partial charge is 0.480 e. The number of halogens is 2. The van der Waals surface area contributed by atoms with Crippen LogP contribution in [0.1, 0.15) is 83.4 Å². The minimum atomic E-state index is -3.57. The number of rotatable bonds is 23. The van der Waals surface area contributed by atoms with Gasteiger partial charge in [0.1, 0.15) is 46.5 Å². The van der Waals surface area contributed by atoms with E-state index >= 15 is 0 Å². The van der Waals surface area contributed by atoms with E-state index in [-0.39, 0.29) is 69.7 Å². The number of ether oxygens (including phenoxy) is 4. The van der Waals surface area contributed by atoms with Crippen molar-refractivity contribution < 1.29 is 65.8 Å². The van der Waals surface area contributed by atoms with Gasteiger partial charge in [-0.05, 0) is 97.2 Å². The number of aromatic nitrogens is 4. The molecule has 0 saturated carbocycles. The molecule has 24 heteroatoms. The Labute approximate surface area is 448 Å². The minimum Gasteiger partial charge on any atom is -0.480 e. The van der Waals surface area contributed by atoms with Crippen molar-refractivity contribution in [2.24, 2.45) is 0 Å². The molecular formula is C52H54Cl2N6O14S2. The molecule has 6 N–H and O–H groups in total. The number of carboxylic acids is 2. The smallest absolute Gasteiger partial charge is 0.326 e. The standard InChI is InChI=1S/C52H54Cl2N6O14S2/c1-51(27-61,49(63)64)57-21-31-17-41(53)47(59-45(31)71-25-29-15-33(23-55-19-29)75(3,67)68)73-43-13-11-37-35(7-5-9-39(37)43)36-8-6-10-40-38(36)12-14-44(40)74-48-42(54)18-32(22-58-52(2,28-62)50(65)66)46(60-48)72-26-30-16-34(24-56-20-30)76(4,69)70/h5-10,15-20,23-24,43-44,57-58,61-62H,11-14,21-22,25-28H2,1-4H3,(H,63,64)(H,65,66)/t43-,44-,51-,52?/m0/s1. The number of hydrogen-bond donors (Lipinski definition) is 6. The van der Waals surface area contributed by atoms with Crippen LogP contribution < -0.4 is 29.6 Å². The first kappa shape index (κ1) is 55.7. The Kier molecular flexibility index (Phi) is 16.6. The molecule has 0 bridgehead atoms. The van der Waals surface area contributed by atoms with Crippen molar-refractivity contribution in [3.63, 3.8) is 0 Å². The third-order valence-corrected chi connectivity index (χ3v) is 16.0. The minimum absolute atomic E-state index is 0.00509. The molecule has 4 aromatic heterocycles. The average molecular weight is 1120 g/mol. The van der Waals surface area contributed by atoms with Crippen molar-refractivity contribution in [3.8, 4) is 34.6 Å². The first-order chi connectivity index (χ1) is 36.0. The molecule has 402 valence electrons. The number of aliphatic hydroxyl groups excluding tert-OH is 2. The Hall–Kier alpha value is -6.50. The molecule has 0 saturated heterocycles. The number of sulfone groups is 2. The van der Waals surface area contributed by atoms with Crippen molar-refractivity contribution >= 4 is 54.8 Å². The maximum Gasteiger partial charge on any atom is 0.326 e. The van der Waals surface area contributed by atoms with Gasteiger partial charge in [-0.15, -0.1) is 0 Å². The van der Waals surface area contributed by atoms with Gasteiger partial charge in [-0.3, -0.25) is 30.2 Å². The van der Waals surface area contributed by atoms with Crippen LogP contribution in [0.25, 0.3) is 11.1 Å². The van der Waals surface area contributed by atoms with Crippen molar-refractivity contribution in [2.75, 3.05) is 25.7 Å². The Bertz CT molecular complexity index is 3220. The summed E-state index contributed by atoms with van der Waals surface area (Å²) in [5.74, 6) is -2.44. The summed E-state index contributed by atoms with van der Waals surface area (Å²) < 4.78 is 74.4. The molecule has 6 aromatic rings. The molecule has 1 unspecified atom stereocenters. The van der Waals surface area contributed by atoms with E-state index in [1.54, 1.807) is 0 Å². The van der Waals surface area contributed by atoms with Gasteiger partial charge < -0.3 is 39.4 Å². The summed E-state index contributed by atoms with van der Waals surface area (Å²) in [6, 6.07) is 17.9. The zero-order valence-corrected chi connectivity index (χ0v) is 44.7. The van der Waals surface area contributed by atoms with Crippen LogP contribution in [-0.4, -0.2) is 106 Å². The second-order valence-electron chi connectivity index (χ2n) is 19.0. The van der Waals surface area contributed by atoms with Crippen molar-refractivity contribution in [3.05, 3.63) is 140 Å². The van der Waals surface area contributed by atoms with Gasteiger partial charge in [0.15, 0.2) is 19.7 Å². The van der Waals surface area contributed by atoms with Gasteiger partial charge >= 0.3 is 11.9 Å². The van der Waals surface area contributed by atoms with Crippen molar-refractivity contribution in [2.45, 2.75) is 98.9 Å². The van der Waals surface area contributed by atoms with Crippen LogP contribution in [0.5, 0.6) is 23.5 Å². The number of nitrogens with zero attached hydrogens (tertiary/aromatic N) is 4. The number of aliphatic carboxylic acids is 2. The van der Waals surface area contributed by atoms with E-state index < -0.39 is 68.1 Å². The number of carboxylic acid groups (broad SMARTS) is 2. The fourth-order valence-corrected chi connectivity index (χ4v) is 10.4. The average Bonchev–Trinajstić information content (AvgIpc) is 4.01. The quantitative estimate of drug-likeness (QED) is 0.0417. The SMILES string of the molecule is CC(CO)(NCc1cc(Cl)c(O[C@H]2CCc3c(-c4cccc5c4CC[C@@H]5Oc4nc(OCc5cncc(S(C)(=O)=O)c5)c(CN[C@@](C)(CO)C(=O)O)cc4Cl)cccc32)nc1OCc1cncc(S(C)(=O)=O)c1)C(=O)O. The molecule has 0 aliphatic heterocycles. The fourth-order valence-electron chi connectivity index (χ4n) is 8.68. The lowest BCUT2D eigenvalue weighted by atomic mass is 9.91. The molecule has 0 radical (unpaired) electrons. The predicted molar refractivity (Wildman–Crippen MR) is 277 cm³/mol. The van der Waals surface area contributed by atoms with Crippen LogP contribution in [-0.2, 0) is 68.4 Å². The number of carbonyl (C=O) groups is 2.